The monoisotopic (exact) mass is 452 g/mol. The first-order valence-electron chi connectivity index (χ1n) is 9.77. The zero-order chi connectivity index (χ0) is 22.5. The van der Waals surface area contributed by atoms with E-state index in [-0.39, 0.29) is 6.54 Å². The number of rotatable bonds is 7. The van der Waals surface area contributed by atoms with Crippen molar-refractivity contribution in [3.63, 3.8) is 0 Å². The number of amides is 3. The number of benzene rings is 1. The molecule has 4 aromatic rings. The largest absolute Gasteiger partial charge is 0.467 e. The summed E-state index contributed by atoms with van der Waals surface area (Å²) in [6.45, 7) is 2.01. The molecule has 9 nitrogen and oxygen atoms in total. The van der Waals surface area contributed by atoms with Gasteiger partial charge in [-0.05, 0) is 30.7 Å². The Balaban J connectivity index is 1.33. The molecule has 0 aliphatic heterocycles. The number of hydrogen-bond acceptors (Lipinski definition) is 7. The van der Waals surface area contributed by atoms with Crippen LogP contribution in [0.2, 0.25) is 0 Å². The Morgan fingerprint density at radius 2 is 1.97 bits per heavy atom. The Morgan fingerprint density at radius 1 is 1.16 bits per heavy atom. The third-order valence-electron chi connectivity index (χ3n) is 4.57. The summed E-state index contributed by atoms with van der Waals surface area (Å²) in [6, 6.07) is 14.3. The molecular formula is C22H20N4O5S. The van der Waals surface area contributed by atoms with Crippen molar-refractivity contribution in [3.8, 4) is 0 Å². The van der Waals surface area contributed by atoms with E-state index in [0.29, 0.717) is 17.2 Å². The molecule has 0 aliphatic carbocycles. The predicted molar refractivity (Wildman–Crippen MR) is 117 cm³/mol. The molecule has 1 aromatic carbocycles. The van der Waals surface area contributed by atoms with Crippen LogP contribution in [0.1, 0.15) is 26.7 Å². The Bertz CT molecular complexity index is 1240. The Hall–Kier alpha value is -3.92. The molecule has 3 heterocycles. The van der Waals surface area contributed by atoms with Crippen molar-refractivity contribution in [2.24, 2.45) is 0 Å². The summed E-state index contributed by atoms with van der Waals surface area (Å²) in [5.41, 5.74) is 1.90. The molecule has 0 radical (unpaired) electrons. The molecule has 0 saturated carbocycles. The number of aromatic nitrogens is 2. The van der Waals surface area contributed by atoms with Crippen molar-refractivity contribution in [1.82, 2.24) is 20.4 Å². The lowest BCUT2D eigenvalue weighted by Gasteiger charge is -2.06. The third kappa shape index (κ3) is 5.03. The standard InChI is InChI=1S/C22H20N4O5S/c1-14-17-10-18(32-20(17)26(25-14)12-15-6-3-2-4-7-15)21(28)31-13-19(27)24-22(29)23-11-16-8-5-9-30-16/h2-10H,11-13H2,1H3,(H2,23,24,27,29). The van der Waals surface area contributed by atoms with E-state index in [0.717, 1.165) is 21.5 Å². The van der Waals surface area contributed by atoms with Gasteiger partial charge in [0.2, 0.25) is 0 Å². The van der Waals surface area contributed by atoms with Crippen LogP contribution in [-0.4, -0.2) is 34.3 Å². The first-order chi connectivity index (χ1) is 15.5. The van der Waals surface area contributed by atoms with Crippen LogP contribution >= 0.6 is 11.3 Å². The van der Waals surface area contributed by atoms with Crippen LogP contribution in [0.4, 0.5) is 4.79 Å². The smallest absolute Gasteiger partial charge is 0.348 e. The summed E-state index contributed by atoms with van der Waals surface area (Å²) >= 11 is 1.25. The normalized spacial score (nSPS) is 10.8. The lowest BCUT2D eigenvalue weighted by molar-refractivity contribution is -0.123. The van der Waals surface area contributed by atoms with Gasteiger partial charge in [-0.3, -0.25) is 14.8 Å². The summed E-state index contributed by atoms with van der Waals surface area (Å²) in [5.74, 6) is -0.823. The number of aryl methyl sites for hydroxylation is 1. The SMILES string of the molecule is Cc1nn(Cc2ccccc2)c2sc(C(=O)OCC(=O)NC(=O)NCc3ccco3)cc12. The molecule has 0 atom stereocenters. The maximum atomic E-state index is 12.4. The number of ether oxygens (including phenoxy) is 1. The number of thiophene rings is 1. The van der Waals surface area contributed by atoms with E-state index in [4.69, 9.17) is 9.15 Å². The molecule has 164 valence electrons. The van der Waals surface area contributed by atoms with E-state index in [1.54, 1.807) is 18.2 Å². The molecule has 0 unspecified atom stereocenters. The second-order valence-corrected chi connectivity index (χ2v) is 7.98. The molecule has 0 saturated heterocycles. The van der Waals surface area contributed by atoms with E-state index in [1.165, 1.54) is 17.6 Å². The molecule has 10 heteroatoms. The third-order valence-corrected chi connectivity index (χ3v) is 5.70. The second-order valence-electron chi connectivity index (χ2n) is 6.94. The predicted octanol–water partition coefficient (Wildman–Crippen LogP) is 3.23. The van der Waals surface area contributed by atoms with Gasteiger partial charge in [0.05, 0.1) is 25.0 Å². The minimum absolute atomic E-state index is 0.132. The van der Waals surface area contributed by atoms with Gasteiger partial charge in [-0.1, -0.05) is 30.3 Å². The van der Waals surface area contributed by atoms with Gasteiger partial charge in [0.1, 0.15) is 15.5 Å². The van der Waals surface area contributed by atoms with Crippen molar-refractivity contribution in [2.75, 3.05) is 6.61 Å². The molecular weight excluding hydrogens is 432 g/mol. The van der Waals surface area contributed by atoms with Gasteiger partial charge in [0, 0.05) is 5.39 Å². The lowest BCUT2D eigenvalue weighted by Crippen LogP contribution is -2.41. The number of hydrogen-bond donors (Lipinski definition) is 2. The van der Waals surface area contributed by atoms with Crippen molar-refractivity contribution >= 4 is 39.5 Å². The zero-order valence-corrected chi connectivity index (χ0v) is 18.0. The van der Waals surface area contributed by atoms with Gasteiger partial charge in [0.15, 0.2) is 6.61 Å². The summed E-state index contributed by atoms with van der Waals surface area (Å²) < 4.78 is 12.0. The number of nitrogens with one attached hydrogen (secondary N) is 2. The van der Waals surface area contributed by atoms with Gasteiger partial charge in [-0.25, -0.2) is 9.59 Å². The number of urea groups is 1. The van der Waals surface area contributed by atoms with Crippen LogP contribution in [0, 0.1) is 6.92 Å². The number of carbonyl (C=O) groups excluding carboxylic acids is 3. The molecule has 32 heavy (non-hydrogen) atoms. The van der Waals surface area contributed by atoms with Gasteiger partial charge >= 0.3 is 12.0 Å². The topological polar surface area (TPSA) is 115 Å². The Labute approximate surface area is 187 Å². The number of carbonyl (C=O) groups is 3. The van der Waals surface area contributed by atoms with Crippen molar-refractivity contribution in [1.29, 1.82) is 0 Å². The van der Waals surface area contributed by atoms with Crippen LogP contribution < -0.4 is 10.6 Å². The highest BCUT2D eigenvalue weighted by Gasteiger charge is 2.19. The number of imide groups is 1. The zero-order valence-electron chi connectivity index (χ0n) is 17.2. The van der Waals surface area contributed by atoms with Crippen molar-refractivity contribution < 1.29 is 23.5 Å². The Morgan fingerprint density at radius 3 is 2.72 bits per heavy atom. The highest BCUT2D eigenvalue weighted by atomic mass is 32.1. The van der Waals surface area contributed by atoms with Crippen LogP contribution in [0.3, 0.4) is 0 Å². The minimum Gasteiger partial charge on any atom is -0.467 e. The van der Waals surface area contributed by atoms with E-state index in [9.17, 15) is 14.4 Å². The van der Waals surface area contributed by atoms with Crippen molar-refractivity contribution in [2.45, 2.75) is 20.0 Å². The minimum atomic E-state index is -0.733. The van der Waals surface area contributed by atoms with Gasteiger partial charge in [-0.2, -0.15) is 5.10 Å². The highest BCUT2D eigenvalue weighted by molar-refractivity contribution is 7.20. The molecule has 0 aliphatic rings. The number of nitrogens with zero attached hydrogens (tertiary/aromatic N) is 2. The lowest BCUT2D eigenvalue weighted by atomic mass is 10.2. The molecule has 2 N–H and O–H groups in total. The fourth-order valence-corrected chi connectivity index (χ4v) is 4.12. The van der Waals surface area contributed by atoms with Crippen LogP contribution in [0.25, 0.3) is 10.2 Å². The van der Waals surface area contributed by atoms with Gasteiger partial charge < -0.3 is 14.5 Å². The van der Waals surface area contributed by atoms with E-state index in [2.05, 4.69) is 15.7 Å². The summed E-state index contributed by atoms with van der Waals surface area (Å²) in [5, 5.41) is 9.98. The maximum Gasteiger partial charge on any atom is 0.348 e. The second kappa shape index (κ2) is 9.48. The number of furan rings is 1. The fraction of sp³-hybridized carbons (Fsp3) is 0.182. The van der Waals surface area contributed by atoms with Gasteiger partial charge in [-0.15, -0.1) is 11.3 Å². The van der Waals surface area contributed by atoms with Crippen LogP contribution in [0.5, 0.6) is 0 Å². The average Bonchev–Trinajstić information content (AvgIpc) is 3.51. The highest BCUT2D eigenvalue weighted by Crippen LogP contribution is 2.29. The van der Waals surface area contributed by atoms with Crippen molar-refractivity contribution in [3.05, 3.63) is 76.7 Å². The summed E-state index contributed by atoms with van der Waals surface area (Å²) in [6.07, 6.45) is 1.48. The van der Waals surface area contributed by atoms with E-state index < -0.39 is 24.5 Å². The molecule has 0 spiro atoms. The fourth-order valence-electron chi connectivity index (χ4n) is 3.07. The van der Waals surface area contributed by atoms with E-state index >= 15 is 0 Å². The van der Waals surface area contributed by atoms with Crippen LogP contribution in [-0.2, 0) is 22.6 Å². The summed E-state index contributed by atoms with van der Waals surface area (Å²) in [4.78, 5) is 37.3. The molecule has 4 rings (SSSR count). The first-order valence-corrected chi connectivity index (χ1v) is 10.6. The molecule has 0 bridgehead atoms. The maximum absolute atomic E-state index is 12.4. The quantitative estimate of drug-likeness (QED) is 0.416. The Kier molecular flexibility index (Phi) is 6.31. The van der Waals surface area contributed by atoms with Crippen LogP contribution in [0.15, 0.2) is 59.2 Å². The number of esters is 1. The molecule has 0 fully saturated rings. The molecule has 3 amide bonds. The average molecular weight is 452 g/mol. The number of fused-ring (bicyclic) bond motifs is 1. The van der Waals surface area contributed by atoms with Gasteiger partial charge in [0.25, 0.3) is 5.91 Å². The molecule has 3 aromatic heterocycles. The first kappa shape index (κ1) is 21.3. The van der Waals surface area contributed by atoms with E-state index in [1.807, 2.05) is 41.9 Å². The summed E-state index contributed by atoms with van der Waals surface area (Å²) in [7, 11) is 0.